The van der Waals surface area contributed by atoms with Crippen LogP contribution in [0.4, 0.5) is 13.2 Å². The van der Waals surface area contributed by atoms with E-state index in [1.807, 2.05) is 0 Å². The maximum atomic E-state index is 14.7. The molecule has 0 aliphatic heterocycles. The fourth-order valence-corrected chi connectivity index (χ4v) is 4.22. The Labute approximate surface area is 173 Å². The van der Waals surface area contributed by atoms with Crippen LogP contribution in [0.5, 0.6) is 0 Å². The summed E-state index contributed by atoms with van der Waals surface area (Å²) in [5.41, 5.74) is -1.94. The number of thiocarbonyl (C=S) groups is 1. The molecule has 29 heavy (non-hydrogen) atoms. The SMILES string of the molecule is C=CC1([C@](C)(NC(=S)NC(=O)c2ccccc2)c2ccccc2F)CC(F)(F)C1. The summed E-state index contributed by atoms with van der Waals surface area (Å²) in [6, 6.07) is 14.3. The average molecular weight is 418 g/mol. The molecule has 1 atom stereocenters. The van der Waals surface area contributed by atoms with Crippen molar-refractivity contribution in [3.05, 3.63) is 84.2 Å². The molecule has 0 bridgehead atoms. The van der Waals surface area contributed by atoms with Gasteiger partial charge < -0.3 is 5.32 Å². The van der Waals surface area contributed by atoms with E-state index in [1.165, 1.54) is 24.3 Å². The van der Waals surface area contributed by atoms with Gasteiger partial charge in [0.25, 0.3) is 5.91 Å². The van der Waals surface area contributed by atoms with Crippen molar-refractivity contribution in [2.24, 2.45) is 5.41 Å². The van der Waals surface area contributed by atoms with E-state index in [0.29, 0.717) is 5.56 Å². The van der Waals surface area contributed by atoms with E-state index >= 15 is 0 Å². The van der Waals surface area contributed by atoms with Crippen molar-refractivity contribution >= 4 is 23.2 Å². The second-order valence-electron chi connectivity index (χ2n) is 7.45. The standard InChI is InChI=1S/C22H21F3N2OS/c1-3-21(13-22(24,25)14-21)20(2,16-11-7-8-12-17(16)23)27-19(29)26-18(28)15-9-5-4-6-10-15/h3-12H,1,13-14H2,2H3,(H2,26,27,28,29)/t20-/m1/s1. The van der Waals surface area contributed by atoms with E-state index in [-0.39, 0.29) is 10.7 Å². The number of hydrogen-bond acceptors (Lipinski definition) is 2. The predicted octanol–water partition coefficient (Wildman–Crippen LogP) is 4.95. The predicted molar refractivity (Wildman–Crippen MR) is 110 cm³/mol. The van der Waals surface area contributed by atoms with Gasteiger partial charge in [-0.05, 0) is 37.3 Å². The lowest BCUT2D eigenvalue weighted by Gasteiger charge is -2.56. The number of halogens is 3. The second-order valence-corrected chi connectivity index (χ2v) is 7.86. The summed E-state index contributed by atoms with van der Waals surface area (Å²) in [5, 5.41) is 5.40. The van der Waals surface area contributed by atoms with Crippen LogP contribution in [0.15, 0.2) is 67.3 Å². The van der Waals surface area contributed by atoms with Crippen LogP contribution in [0.1, 0.15) is 35.7 Å². The van der Waals surface area contributed by atoms with Crippen molar-refractivity contribution in [1.29, 1.82) is 0 Å². The number of hydrogen-bond donors (Lipinski definition) is 2. The molecule has 7 heteroatoms. The third kappa shape index (κ3) is 3.92. The summed E-state index contributed by atoms with van der Waals surface area (Å²) in [6.45, 7) is 5.33. The van der Waals surface area contributed by atoms with Gasteiger partial charge in [0, 0.05) is 29.4 Å². The van der Waals surface area contributed by atoms with Crippen molar-refractivity contribution in [2.75, 3.05) is 0 Å². The van der Waals surface area contributed by atoms with E-state index in [2.05, 4.69) is 17.2 Å². The van der Waals surface area contributed by atoms with E-state index in [0.717, 1.165) is 0 Å². The third-order valence-electron chi connectivity index (χ3n) is 5.57. The number of carbonyl (C=O) groups excluding carboxylic acids is 1. The lowest BCUT2D eigenvalue weighted by molar-refractivity contribution is -0.170. The Bertz CT molecular complexity index is 940. The van der Waals surface area contributed by atoms with Gasteiger partial charge in [-0.15, -0.1) is 6.58 Å². The quantitative estimate of drug-likeness (QED) is 0.533. The van der Waals surface area contributed by atoms with Crippen LogP contribution in [-0.2, 0) is 5.54 Å². The van der Waals surface area contributed by atoms with Gasteiger partial charge in [-0.1, -0.05) is 42.5 Å². The minimum absolute atomic E-state index is 0.0824. The molecular formula is C22H21F3N2OS. The summed E-state index contributed by atoms with van der Waals surface area (Å²) < 4.78 is 42.4. The zero-order chi connectivity index (χ0) is 21.3. The molecule has 1 saturated carbocycles. The lowest BCUT2D eigenvalue weighted by Crippen LogP contribution is -2.64. The molecule has 3 nitrogen and oxygen atoms in total. The van der Waals surface area contributed by atoms with Crippen molar-refractivity contribution < 1.29 is 18.0 Å². The molecule has 0 heterocycles. The lowest BCUT2D eigenvalue weighted by atomic mass is 9.54. The highest BCUT2D eigenvalue weighted by atomic mass is 32.1. The minimum Gasteiger partial charge on any atom is -0.352 e. The number of carbonyl (C=O) groups is 1. The number of nitrogens with one attached hydrogen (secondary N) is 2. The van der Waals surface area contributed by atoms with Crippen molar-refractivity contribution in [1.82, 2.24) is 10.6 Å². The highest BCUT2D eigenvalue weighted by Crippen LogP contribution is 2.61. The highest BCUT2D eigenvalue weighted by Gasteiger charge is 2.64. The fourth-order valence-electron chi connectivity index (χ4n) is 3.92. The molecule has 2 N–H and O–H groups in total. The molecule has 0 spiro atoms. The zero-order valence-electron chi connectivity index (χ0n) is 15.8. The number of benzene rings is 2. The molecule has 1 amide bonds. The van der Waals surface area contributed by atoms with Gasteiger partial charge in [0.15, 0.2) is 5.11 Å². The average Bonchev–Trinajstić information content (AvgIpc) is 2.66. The third-order valence-corrected chi connectivity index (χ3v) is 5.78. The van der Waals surface area contributed by atoms with Crippen LogP contribution in [0.25, 0.3) is 0 Å². The van der Waals surface area contributed by atoms with Gasteiger partial charge in [-0.25, -0.2) is 13.2 Å². The van der Waals surface area contributed by atoms with Gasteiger partial charge in [-0.3, -0.25) is 10.1 Å². The molecule has 0 unspecified atom stereocenters. The molecule has 0 saturated heterocycles. The van der Waals surface area contributed by atoms with Gasteiger partial charge in [-0.2, -0.15) is 0 Å². The topological polar surface area (TPSA) is 41.1 Å². The number of alkyl halides is 2. The fraction of sp³-hybridized carbons (Fsp3) is 0.273. The van der Waals surface area contributed by atoms with Gasteiger partial charge in [0.05, 0.1) is 5.54 Å². The molecule has 152 valence electrons. The number of amides is 1. The Balaban J connectivity index is 1.92. The molecular weight excluding hydrogens is 397 g/mol. The monoisotopic (exact) mass is 418 g/mol. The molecule has 1 fully saturated rings. The van der Waals surface area contributed by atoms with Gasteiger partial charge >= 0.3 is 0 Å². The molecule has 2 aromatic carbocycles. The highest BCUT2D eigenvalue weighted by molar-refractivity contribution is 7.80. The Morgan fingerprint density at radius 1 is 1.14 bits per heavy atom. The van der Waals surface area contributed by atoms with Crippen molar-refractivity contribution in [3.63, 3.8) is 0 Å². The van der Waals surface area contributed by atoms with Crippen LogP contribution < -0.4 is 10.6 Å². The smallest absolute Gasteiger partial charge is 0.257 e. The van der Waals surface area contributed by atoms with Crippen molar-refractivity contribution in [3.8, 4) is 0 Å². The van der Waals surface area contributed by atoms with Crippen LogP contribution in [-0.4, -0.2) is 16.9 Å². The van der Waals surface area contributed by atoms with Crippen molar-refractivity contribution in [2.45, 2.75) is 31.2 Å². The first-order valence-corrected chi connectivity index (χ1v) is 9.48. The number of rotatable bonds is 5. The van der Waals surface area contributed by atoms with E-state index < -0.39 is 41.4 Å². The second kappa shape index (κ2) is 7.63. The van der Waals surface area contributed by atoms with E-state index in [9.17, 15) is 18.0 Å². The summed E-state index contributed by atoms with van der Waals surface area (Å²) in [7, 11) is 0. The first-order valence-electron chi connectivity index (χ1n) is 9.07. The van der Waals surface area contributed by atoms with Crippen LogP contribution >= 0.6 is 12.2 Å². The maximum Gasteiger partial charge on any atom is 0.257 e. The normalized spacial score (nSPS) is 18.6. The Morgan fingerprint density at radius 3 is 2.28 bits per heavy atom. The van der Waals surface area contributed by atoms with Gasteiger partial charge in [0.1, 0.15) is 5.82 Å². The summed E-state index contributed by atoms with van der Waals surface area (Å²) in [4.78, 5) is 12.4. The van der Waals surface area contributed by atoms with Crippen LogP contribution in [0.2, 0.25) is 0 Å². The van der Waals surface area contributed by atoms with E-state index in [4.69, 9.17) is 12.2 Å². The van der Waals surface area contributed by atoms with Crippen LogP contribution in [0.3, 0.4) is 0 Å². The first kappa shape index (κ1) is 21.0. The first-order chi connectivity index (χ1) is 13.6. The van der Waals surface area contributed by atoms with E-state index in [1.54, 1.807) is 43.3 Å². The Hall–Kier alpha value is -2.67. The summed E-state index contributed by atoms with van der Waals surface area (Å²) in [5.74, 6) is -3.89. The molecule has 0 radical (unpaired) electrons. The molecule has 1 aliphatic rings. The Morgan fingerprint density at radius 2 is 1.72 bits per heavy atom. The maximum absolute atomic E-state index is 14.7. The molecule has 2 aromatic rings. The van der Waals surface area contributed by atoms with Crippen LogP contribution in [0, 0.1) is 11.2 Å². The molecule has 1 aliphatic carbocycles. The Kier molecular flexibility index (Phi) is 5.54. The summed E-state index contributed by atoms with van der Waals surface area (Å²) in [6.07, 6.45) is 0.415. The molecule has 3 rings (SSSR count). The molecule has 0 aromatic heterocycles. The van der Waals surface area contributed by atoms with Gasteiger partial charge in [0.2, 0.25) is 5.92 Å². The largest absolute Gasteiger partial charge is 0.352 e. The zero-order valence-corrected chi connectivity index (χ0v) is 16.7. The summed E-state index contributed by atoms with van der Waals surface area (Å²) >= 11 is 5.28. The minimum atomic E-state index is -2.88.